The molecule has 1 aromatic carbocycles. The zero-order valence-electron chi connectivity index (χ0n) is 12.5. The number of anilines is 1. The lowest BCUT2D eigenvalue weighted by atomic mass is 10.1. The maximum absolute atomic E-state index is 5.91. The van der Waals surface area contributed by atoms with E-state index < -0.39 is 0 Å². The number of hydrogen-bond acceptors (Lipinski definition) is 4. The van der Waals surface area contributed by atoms with Gasteiger partial charge in [-0.25, -0.2) is 0 Å². The molecule has 1 aromatic rings. The van der Waals surface area contributed by atoms with Gasteiger partial charge in [0, 0.05) is 37.8 Å². The minimum absolute atomic E-state index is 0.422. The van der Waals surface area contributed by atoms with Crippen molar-refractivity contribution >= 4 is 21.6 Å². The molecule has 2 bridgehead atoms. The average Bonchev–Trinajstić information content (AvgIpc) is 2.82. The van der Waals surface area contributed by atoms with E-state index in [1.807, 2.05) is 0 Å². The van der Waals surface area contributed by atoms with Crippen LogP contribution in [0, 0.1) is 0 Å². The van der Waals surface area contributed by atoms with Crippen molar-refractivity contribution in [3.05, 3.63) is 28.2 Å². The SMILES string of the molecule is COCCNCc1ccc(N2CC3CCC(C2)O3)c(Br)c1. The van der Waals surface area contributed by atoms with E-state index in [4.69, 9.17) is 9.47 Å². The second-order valence-electron chi connectivity index (χ2n) is 5.82. The Kier molecular flexibility index (Phi) is 5.16. The molecule has 4 nitrogen and oxygen atoms in total. The summed E-state index contributed by atoms with van der Waals surface area (Å²) in [6.07, 6.45) is 3.26. The summed E-state index contributed by atoms with van der Waals surface area (Å²) in [6, 6.07) is 6.64. The van der Waals surface area contributed by atoms with E-state index >= 15 is 0 Å². The van der Waals surface area contributed by atoms with Crippen LogP contribution in [0.4, 0.5) is 5.69 Å². The van der Waals surface area contributed by atoms with Gasteiger partial charge in [0.05, 0.1) is 24.5 Å². The number of methoxy groups -OCH3 is 1. The van der Waals surface area contributed by atoms with Crippen LogP contribution in [0.15, 0.2) is 22.7 Å². The smallest absolute Gasteiger partial charge is 0.0755 e. The Morgan fingerprint density at radius 3 is 2.76 bits per heavy atom. The number of benzene rings is 1. The Bertz CT molecular complexity index is 471. The van der Waals surface area contributed by atoms with Crippen LogP contribution in [0.5, 0.6) is 0 Å². The van der Waals surface area contributed by atoms with Crippen molar-refractivity contribution in [1.82, 2.24) is 5.32 Å². The molecule has 21 heavy (non-hydrogen) atoms. The first-order valence-corrected chi connectivity index (χ1v) is 8.44. The zero-order valence-corrected chi connectivity index (χ0v) is 14.1. The fourth-order valence-electron chi connectivity index (χ4n) is 3.14. The number of hydrogen-bond donors (Lipinski definition) is 1. The number of nitrogens with one attached hydrogen (secondary N) is 1. The van der Waals surface area contributed by atoms with E-state index in [1.54, 1.807) is 7.11 Å². The van der Waals surface area contributed by atoms with Crippen molar-refractivity contribution < 1.29 is 9.47 Å². The number of rotatable bonds is 6. The average molecular weight is 355 g/mol. The van der Waals surface area contributed by atoms with E-state index in [0.717, 1.165) is 32.8 Å². The maximum atomic E-state index is 5.91. The molecule has 2 aliphatic rings. The molecule has 0 aliphatic carbocycles. The second-order valence-corrected chi connectivity index (χ2v) is 6.67. The first-order chi connectivity index (χ1) is 10.3. The minimum Gasteiger partial charge on any atom is -0.383 e. The molecular formula is C16H23BrN2O2. The highest BCUT2D eigenvalue weighted by atomic mass is 79.9. The summed E-state index contributed by atoms with van der Waals surface area (Å²) in [6.45, 7) is 4.52. The molecule has 0 saturated carbocycles. The Labute approximate surface area is 134 Å². The van der Waals surface area contributed by atoms with Crippen LogP contribution in [0.3, 0.4) is 0 Å². The predicted octanol–water partition coefficient (Wildman–Crippen LogP) is 2.55. The first kappa shape index (κ1) is 15.3. The highest BCUT2D eigenvalue weighted by Gasteiger charge is 2.34. The third kappa shape index (κ3) is 3.77. The number of fused-ring (bicyclic) bond motifs is 2. The van der Waals surface area contributed by atoms with Crippen LogP contribution in [0.25, 0.3) is 0 Å². The van der Waals surface area contributed by atoms with Crippen LogP contribution >= 0.6 is 15.9 Å². The minimum atomic E-state index is 0.422. The maximum Gasteiger partial charge on any atom is 0.0755 e. The molecule has 116 valence electrons. The summed E-state index contributed by atoms with van der Waals surface area (Å²) in [5.74, 6) is 0. The quantitative estimate of drug-likeness (QED) is 0.796. The Balaban J connectivity index is 1.61. The molecule has 2 aliphatic heterocycles. The molecule has 1 N–H and O–H groups in total. The summed E-state index contributed by atoms with van der Waals surface area (Å²) in [5.41, 5.74) is 2.58. The normalized spacial score (nSPS) is 24.6. The van der Waals surface area contributed by atoms with Gasteiger partial charge in [0.15, 0.2) is 0 Å². The third-order valence-corrected chi connectivity index (χ3v) is 4.84. The van der Waals surface area contributed by atoms with Crippen LogP contribution in [-0.2, 0) is 16.0 Å². The molecule has 2 heterocycles. The fourth-order valence-corrected chi connectivity index (χ4v) is 3.81. The van der Waals surface area contributed by atoms with Gasteiger partial charge in [-0.15, -0.1) is 0 Å². The van der Waals surface area contributed by atoms with E-state index in [-0.39, 0.29) is 0 Å². The number of halogens is 1. The summed E-state index contributed by atoms with van der Waals surface area (Å²) >= 11 is 3.73. The van der Waals surface area contributed by atoms with Crippen molar-refractivity contribution in [1.29, 1.82) is 0 Å². The molecule has 2 fully saturated rings. The van der Waals surface area contributed by atoms with Gasteiger partial charge in [0.1, 0.15) is 0 Å². The lowest BCUT2D eigenvalue weighted by Crippen LogP contribution is -2.42. The largest absolute Gasteiger partial charge is 0.383 e. The Morgan fingerprint density at radius 1 is 1.33 bits per heavy atom. The van der Waals surface area contributed by atoms with Gasteiger partial charge in [0.25, 0.3) is 0 Å². The Hall–Kier alpha value is -0.620. The lowest BCUT2D eigenvalue weighted by molar-refractivity contribution is 0.0304. The molecule has 3 rings (SSSR count). The van der Waals surface area contributed by atoms with Gasteiger partial charge in [0.2, 0.25) is 0 Å². The summed E-state index contributed by atoms with van der Waals surface area (Å²) in [5, 5.41) is 3.37. The highest BCUT2D eigenvalue weighted by Crippen LogP contribution is 2.33. The van der Waals surface area contributed by atoms with Gasteiger partial charge < -0.3 is 19.7 Å². The van der Waals surface area contributed by atoms with E-state index in [1.165, 1.54) is 28.6 Å². The van der Waals surface area contributed by atoms with Crippen molar-refractivity contribution in [2.24, 2.45) is 0 Å². The van der Waals surface area contributed by atoms with Gasteiger partial charge >= 0.3 is 0 Å². The van der Waals surface area contributed by atoms with Crippen molar-refractivity contribution in [2.45, 2.75) is 31.6 Å². The van der Waals surface area contributed by atoms with Crippen LogP contribution in [0.1, 0.15) is 18.4 Å². The number of morpholine rings is 1. The third-order valence-electron chi connectivity index (χ3n) is 4.21. The second kappa shape index (κ2) is 7.09. The molecule has 2 unspecified atom stereocenters. The van der Waals surface area contributed by atoms with E-state index in [2.05, 4.69) is 44.3 Å². The topological polar surface area (TPSA) is 33.7 Å². The number of ether oxygens (including phenoxy) is 2. The van der Waals surface area contributed by atoms with Gasteiger partial charge in [-0.1, -0.05) is 6.07 Å². The van der Waals surface area contributed by atoms with E-state index in [9.17, 15) is 0 Å². The van der Waals surface area contributed by atoms with Crippen LogP contribution in [-0.4, -0.2) is 45.6 Å². The fraction of sp³-hybridized carbons (Fsp3) is 0.625. The lowest BCUT2D eigenvalue weighted by Gasteiger charge is -2.34. The molecule has 0 spiro atoms. The van der Waals surface area contributed by atoms with Gasteiger partial charge in [-0.2, -0.15) is 0 Å². The Morgan fingerprint density at radius 2 is 2.10 bits per heavy atom. The standard InChI is InChI=1S/C16H23BrN2O2/c1-20-7-6-18-9-12-2-5-16(15(17)8-12)19-10-13-3-4-14(11-19)21-13/h2,5,8,13-14,18H,3-4,6-7,9-11H2,1H3. The summed E-state index contributed by atoms with van der Waals surface area (Å²) < 4.78 is 12.1. The molecular weight excluding hydrogens is 332 g/mol. The summed E-state index contributed by atoms with van der Waals surface area (Å²) in [7, 11) is 1.72. The van der Waals surface area contributed by atoms with Gasteiger partial charge in [-0.3, -0.25) is 0 Å². The molecule has 5 heteroatoms. The van der Waals surface area contributed by atoms with Gasteiger partial charge in [-0.05, 0) is 46.5 Å². The molecule has 2 saturated heterocycles. The van der Waals surface area contributed by atoms with Crippen LogP contribution < -0.4 is 10.2 Å². The highest BCUT2D eigenvalue weighted by molar-refractivity contribution is 9.10. The van der Waals surface area contributed by atoms with Crippen molar-refractivity contribution in [3.63, 3.8) is 0 Å². The molecule has 0 aromatic heterocycles. The van der Waals surface area contributed by atoms with Crippen molar-refractivity contribution in [3.8, 4) is 0 Å². The van der Waals surface area contributed by atoms with E-state index in [0.29, 0.717) is 12.2 Å². The first-order valence-electron chi connectivity index (χ1n) is 7.65. The predicted molar refractivity (Wildman–Crippen MR) is 87.8 cm³/mol. The zero-order chi connectivity index (χ0) is 14.7. The molecule has 0 amide bonds. The molecule has 0 radical (unpaired) electrons. The monoisotopic (exact) mass is 354 g/mol. The van der Waals surface area contributed by atoms with Crippen molar-refractivity contribution in [2.75, 3.05) is 38.3 Å². The molecule has 2 atom stereocenters. The summed E-state index contributed by atoms with van der Waals surface area (Å²) in [4.78, 5) is 2.46. The number of nitrogens with zero attached hydrogens (tertiary/aromatic N) is 1. The van der Waals surface area contributed by atoms with Crippen LogP contribution in [0.2, 0.25) is 0 Å².